The molecule has 1 aliphatic rings. The Labute approximate surface area is 216 Å². The van der Waals surface area contributed by atoms with Crippen molar-refractivity contribution in [2.24, 2.45) is 0 Å². The Bertz CT molecular complexity index is 1200. The van der Waals surface area contributed by atoms with Gasteiger partial charge in [0.25, 0.3) is 11.6 Å². The minimum Gasteiger partial charge on any atom is -0.378 e. The number of benzene rings is 3. The summed E-state index contributed by atoms with van der Waals surface area (Å²) < 4.78 is 0. The van der Waals surface area contributed by atoms with Crippen LogP contribution < -0.4 is 15.1 Å². The first kappa shape index (κ1) is 25.5. The van der Waals surface area contributed by atoms with Gasteiger partial charge in [0.1, 0.15) is 5.02 Å². The zero-order valence-electron chi connectivity index (χ0n) is 20.4. The molecule has 188 valence electrons. The lowest BCUT2D eigenvalue weighted by molar-refractivity contribution is -0.384. The minimum absolute atomic E-state index is 0.00620. The average Bonchev–Trinajstić information content (AvgIpc) is 2.90. The van der Waals surface area contributed by atoms with Crippen LogP contribution in [0.1, 0.15) is 22.0 Å². The number of piperazine rings is 1. The number of carbonyl (C=O) groups excluding carboxylic acids is 1. The number of para-hydroxylation sites is 1. The van der Waals surface area contributed by atoms with Crippen LogP contribution in [0.4, 0.5) is 17.1 Å². The van der Waals surface area contributed by atoms with Crippen molar-refractivity contribution in [1.82, 2.24) is 10.2 Å². The maximum Gasteiger partial charge on any atom is 0.288 e. The van der Waals surface area contributed by atoms with E-state index in [1.54, 1.807) is 0 Å². The molecule has 1 heterocycles. The maximum atomic E-state index is 12.9. The zero-order valence-corrected chi connectivity index (χ0v) is 21.2. The molecule has 4 rings (SSSR count). The number of carbonyl (C=O) groups is 1. The summed E-state index contributed by atoms with van der Waals surface area (Å²) in [5, 5.41) is 14.2. The van der Waals surface area contributed by atoms with E-state index in [1.807, 2.05) is 37.2 Å². The van der Waals surface area contributed by atoms with E-state index in [-0.39, 0.29) is 28.2 Å². The van der Waals surface area contributed by atoms with Crippen LogP contribution in [0.15, 0.2) is 72.8 Å². The Balaban J connectivity index is 1.50. The molecule has 0 radical (unpaired) electrons. The first-order valence-corrected chi connectivity index (χ1v) is 12.2. The molecule has 9 heteroatoms. The third-order valence-electron chi connectivity index (χ3n) is 6.53. The molecule has 0 bridgehead atoms. The lowest BCUT2D eigenvalue weighted by atomic mass is 10.0. The Morgan fingerprint density at radius 2 is 1.69 bits per heavy atom. The highest BCUT2D eigenvalue weighted by Gasteiger charge is 2.26. The highest BCUT2D eigenvalue weighted by atomic mass is 35.5. The lowest BCUT2D eigenvalue weighted by Gasteiger charge is -2.40. The highest BCUT2D eigenvalue weighted by molar-refractivity contribution is 6.32. The van der Waals surface area contributed by atoms with Crippen LogP contribution in [0, 0.1) is 10.1 Å². The van der Waals surface area contributed by atoms with Crippen molar-refractivity contribution < 1.29 is 9.72 Å². The van der Waals surface area contributed by atoms with Crippen molar-refractivity contribution in [3.63, 3.8) is 0 Å². The Morgan fingerprint density at radius 1 is 1.03 bits per heavy atom. The van der Waals surface area contributed by atoms with E-state index in [2.05, 4.69) is 51.5 Å². The number of nitro benzene ring substituents is 1. The van der Waals surface area contributed by atoms with Crippen LogP contribution in [-0.2, 0) is 0 Å². The van der Waals surface area contributed by atoms with Gasteiger partial charge in [-0.05, 0) is 42.0 Å². The highest BCUT2D eigenvalue weighted by Crippen LogP contribution is 2.27. The fourth-order valence-electron chi connectivity index (χ4n) is 4.47. The molecule has 36 heavy (non-hydrogen) atoms. The largest absolute Gasteiger partial charge is 0.378 e. The number of halogens is 1. The van der Waals surface area contributed by atoms with Crippen LogP contribution in [0.5, 0.6) is 0 Å². The molecule has 3 aromatic carbocycles. The number of hydrogen-bond acceptors (Lipinski definition) is 6. The SMILES string of the molecule is CN(C)c1ccc(C(CNC(=O)c2ccc(Cl)c([N+](=O)[O-])c2)N2CCN(c3ccccc3)CC2)cc1. The molecule has 1 amide bonds. The first-order chi connectivity index (χ1) is 17.3. The van der Waals surface area contributed by atoms with Gasteiger partial charge in [-0.2, -0.15) is 0 Å². The van der Waals surface area contributed by atoms with Crippen LogP contribution in [0.25, 0.3) is 0 Å². The summed E-state index contributed by atoms with van der Waals surface area (Å²) in [6.07, 6.45) is 0. The van der Waals surface area contributed by atoms with E-state index in [0.717, 1.165) is 37.4 Å². The number of anilines is 2. The quantitative estimate of drug-likeness (QED) is 0.354. The molecular formula is C27H30ClN5O3. The molecule has 1 fully saturated rings. The molecule has 0 aromatic heterocycles. The number of hydrogen-bond donors (Lipinski definition) is 1. The number of nitro groups is 1. The van der Waals surface area contributed by atoms with Gasteiger partial charge in [0.2, 0.25) is 0 Å². The standard InChI is InChI=1S/C27H30ClN5O3/c1-30(2)22-11-8-20(9-12-22)26(32-16-14-31(15-17-32)23-6-4-3-5-7-23)19-29-27(34)21-10-13-24(28)25(18-21)33(35)36/h3-13,18,26H,14-17,19H2,1-2H3,(H,29,34). The number of nitrogens with zero attached hydrogens (tertiary/aromatic N) is 4. The van der Waals surface area contributed by atoms with E-state index < -0.39 is 4.92 Å². The molecule has 1 aliphatic heterocycles. The van der Waals surface area contributed by atoms with Gasteiger partial charge < -0.3 is 15.1 Å². The molecule has 8 nitrogen and oxygen atoms in total. The van der Waals surface area contributed by atoms with Crippen LogP contribution >= 0.6 is 11.6 Å². The van der Waals surface area contributed by atoms with E-state index in [9.17, 15) is 14.9 Å². The second-order valence-electron chi connectivity index (χ2n) is 8.99. The van der Waals surface area contributed by atoms with Crippen molar-refractivity contribution in [2.45, 2.75) is 6.04 Å². The molecule has 1 atom stereocenters. The number of nitrogens with one attached hydrogen (secondary N) is 1. The minimum atomic E-state index is -0.583. The summed E-state index contributed by atoms with van der Waals surface area (Å²) in [4.78, 5) is 30.4. The summed E-state index contributed by atoms with van der Waals surface area (Å²) in [5.41, 5.74) is 3.35. The molecule has 0 saturated carbocycles. The molecule has 1 N–H and O–H groups in total. The van der Waals surface area contributed by atoms with Gasteiger partial charge in [-0.3, -0.25) is 19.8 Å². The average molecular weight is 508 g/mol. The summed E-state index contributed by atoms with van der Waals surface area (Å²) in [5.74, 6) is -0.368. The summed E-state index contributed by atoms with van der Waals surface area (Å²) in [7, 11) is 4.00. The van der Waals surface area contributed by atoms with Crippen molar-refractivity contribution in [2.75, 3.05) is 56.6 Å². The third kappa shape index (κ3) is 5.95. The fraction of sp³-hybridized carbons (Fsp3) is 0.296. The van der Waals surface area contributed by atoms with Crippen LogP contribution in [0.2, 0.25) is 5.02 Å². The van der Waals surface area contributed by atoms with Gasteiger partial charge in [-0.1, -0.05) is 41.9 Å². The van der Waals surface area contributed by atoms with E-state index in [1.165, 1.54) is 23.9 Å². The predicted molar refractivity (Wildman–Crippen MR) is 144 cm³/mol. The van der Waals surface area contributed by atoms with Crippen LogP contribution in [-0.4, -0.2) is 62.5 Å². The monoisotopic (exact) mass is 507 g/mol. The smallest absolute Gasteiger partial charge is 0.288 e. The van der Waals surface area contributed by atoms with E-state index in [4.69, 9.17) is 11.6 Å². The van der Waals surface area contributed by atoms with Crippen molar-refractivity contribution in [3.05, 3.63) is 99.1 Å². The van der Waals surface area contributed by atoms with E-state index >= 15 is 0 Å². The summed E-state index contributed by atoms with van der Waals surface area (Å²) in [6, 6.07) is 22.8. The molecule has 0 aliphatic carbocycles. The molecule has 1 unspecified atom stereocenters. The number of rotatable bonds is 8. The Hall–Kier alpha value is -3.62. The topological polar surface area (TPSA) is 82.0 Å². The van der Waals surface area contributed by atoms with Gasteiger partial charge in [-0.15, -0.1) is 0 Å². The first-order valence-electron chi connectivity index (χ1n) is 11.9. The molecular weight excluding hydrogens is 478 g/mol. The Morgan fingerprint density at radius 3 is 2.31 bits per heavy atom. The van der Waals surface area contributed by atoms with Crippen molar-refractivity contribution in [3.8, 4) is 0 Å². The second-order valence-corrected chi connectivity index (χ2v) is 9.40. The molecule has 0 spiro atoms. The molecule has 3 aromatic rings. The van der Waals surface area contributed by atoms with Gasteiger partial charge in [-0.25, -0.2) is 0 Å². The van der Waals surface area contributed by atoms with Crippen LogP contribution in [0.3, 0.4) is 0 Å². The Kier molecular flexibility index (Phi) is 8.07. The predicted octanol–water partition coefficient (Wildman–Crippen LogP) is 4.61. The van der Waals surface area contributed by atoms with Crippen molar-refractivity contribution >= 4 is 34.6 Å². The maximum absolute atomic E-state index is 12.9. The van der Waals surface area contributed by atoms with Gasteiger partial charge >= 0.3 is 0 Å². The fourth-order valence-corrected chi connectivity index (χ4v) is 4.65. The molecule has 1 saturated heterocycles. The van der Waals surface area contributed by atoms with Gasteiger partial charge in [0.05, 0.1) is 11.0 Å². The van der Waals surface area contributed by atoms with Gasteiger partial charge in [0, 0.05) is 69.8 Å². The van der Waals surface area contributed by atoms with E-state index in [0.29, 0.717) is 6.54 Å². The summed E-state index contributed by atoms with van der Waals surface area (Å²) in [6.45, 7) is 3.83. The zero-order chi connectivity index (χ0) is 25.7. The normalized spacial score (nSPS) is 14.8. The lowest BCUT2D eigenvalue weighted by Crippen LogP contribution is -2.50. The number of amides is 1. The summed E-state index contributed by atoms with van der Waals surface area (Å²) >= 11 is 5.91. The van der Waals surface area contributed by atoms with Crippen molar-refractivity contribution in [1.29, 1.82) is 0 Å². The third-order valence-corrected chi connectivity index (χ3v) is 6.85. The second kappa shape index (κ2) is 11.4. The van der Waals surface area contributed by atoms with Gasteiger partial charge in [0.15, 0.2) is 0 Å².